The zero-order valence-electron chi connectivity index (χ0n) is 11.7. The van der Waals surface area contributed by atoms with Crippen LogP contribution in [-0.4, -0.2) is 29.2 Å². The predicted octanol–water partition coefficient (Wildman–Crippen LogP) is 3.47. The third-order valence-electron chi connectivity index (χ3n) is 4.21. The summed E-state index contributed by atoms with van der Waals surface area (Å²) in [6, 6.07) is 5.43. The van der Waals surface area contributed by atoms with Crippen molar-refractivity contribution in [2.45, 2.75) is 38.6 Å². The minimum atomic E-state index is -4.28. The highest BCUT2D eigenvalue weighted by Gasteiger charge is 2.32. The molecule has 2 rings (SSSR count). The molecule has 0 saturated carbocycles. The van der Waals surface area contributed by atoms with E-state index >= 15 is 0 Å². The number of aliphatic hydroxyl groups is 1. The molecule has 1 aliphatic rings. The first kappa shape index (κ1) is 15.3. The maximum absolute atomic E-state index is 12.5. The van der Waals surface area contributed by atoms with Gasteiger partial charge in [0.2, 0.25) is 0 Å². The fourth-order valence-corrected chi connectivity index (χ4v) is 2.72. The Balaban J connectivity index is 2.05. The number of alkyl halides is 3. The van der Waals surface area contributed by atoms with E-state index in [0.29, 0.717) is 0 Å². The van der Waals surface area contributed by atoms with Gasteiger partial charge in [0.1, 0.15) is 0 Å². The number of halogens is 3. The second-order valence-corrected chi connectivity index (χ2v) is 5.58. The number of hydrogen-bond acceptors (Lipinski definition) is 2. The Hall–Kier alpha value is -1.07. The van der Waals surface area contributed by atoms with E-state index in [1.165, 1.54) is 0 Å². The lowest BCUT2D eigenvalue weighted by atomic mass is 10.0. The number of rotatable bonds is 3. The quantitative estimate of drug-likeness (QED) is 0.920. The topological polar surface area (TPSA) is 23.5 Å². The molecule has 0 bridgehead atoms. The lowest BCUT2D eigenvalue weighted by Crippen LogP contribution is -2.27. The molecule has 2 nitrogen and oxygen atoms in total. The molecule has 5 heteroatoms. The highest BCUT2D eigenvalue weighted by atomic mass is 19.4. The molecule has 0 aromatic heterocycles. The van der Waals surface area contributed by atoms with Gasteiger partial charge in [-0.25, -0.2) is 0 Å². The Kier molecular flexibility index (Phi) is 4.39. The van der Waals surface area contributed by atoms with Gasteiger partial charge in [0.25, 0.3) is 0 Å². The monoisotopic (exact) mass is 287 g/mol. The average Bonchev–Trinajstić information content (AvgIpc) is 2.86. The lowest BCUT2D eigenvalue weighted by molar-refractivity contribution is -0.137. The summed E-state index contributed by atoms with van der Waals surface area (Å²) in [5.74, 6) is 0.256. The zero-order chi connectivity index (χ0) is 14.9. The van der Waals surface area contributed by atoms with E-state index in [0.717, 1.165) is 37.2 Å². The molecular formula is C15H20F3NO. The molecule has 112 valence electrons. The average molecular weight is 287 g/mol. The lowest BCUT2D eigenvalue weighted by Gasteiger charge is -2.25. The maximum atomic E-state index is 12.5. The van der Waals surface area contributed by atoms with Crippen molar-refractivity contribution in [3.05, 3.63) is 35.4 Å². The fourth-order valence-electron chi connectivity index (χ4n) is 2.72. The van der Waals surface area contributed by atoms with Gasteiger partial charge in [0, 0.05) is 12.6 Å². The molecule has 20 heavy (non-hydrogen) atoms. The van der Waals surface area contributed by atoms with Gasteiger partial charge in [-0.2, -0.15) is 13.2 Å². The highest BCUT2D eigenvalue weighted by Crippen LogP contribution is 2.32. The first-order valence-corrected chi connectivity index (χ1v) is 6.88. The van der Waals surface area contributed by atoms with E-state index in [1.807, 2.05) is 6.92 Å². The van der Waals surface area contributed by atoms with Crippen molar-refractivity contribution in [2.75, 3.05) is 13.1 Å². The highest BCUT2D eigenvalue weighted by molar-refractivity contribution is 5.26. The number of aliphatic hydroxyl groups excluding tert-OH is 1. The molecule has 1 N–H and O–H groups in total. The molecule has 0 amide bonds. The molecule has 0 radical (unpaired) electrons. The molecule has 1 fully saturated rings. The second kappa shape index (κ2) is 5.74. The second-order valence-electron chi connectivity index (χ2n) is 5.58. The van der Waals surface area contributed by atoms with E-state index in [2.05, 4.69) is 4.90 Å². The van der Waals surface area contributed by atoms with Crippen LogP contribution >= 0.6 is 0 Å². The summed E-state index contributed by atoms with van der Waals surface area (Å²) in [7, 11) is 0. The summed E-state index contributed by atoms with van der Waals surface area (Å²) in [5.41, 5.74) is 0.265. The van der Waals surface area contributed by atoms with Crippen LogP contribution < -0.4 is 0 Å². The predicted molar refractivity (Wildman–Crippen MR) is 71.2 cm³/mol. The van der Waals surface area contributed by atoms with Crippen LogP contribution in [0, 0.1) is 5.92 Å². The van der Waals surface area contributed by atoms with Crippen molar-refractivity contribution in [3.8, 4) is 0 Å². The van der Waals surface area contributed by atoms with Crippen LogP contribution in [0.4, 0.5) is 13.2 Å². The summed E-state index contributed by atoms with van der Waals surface area (Å²) in [5, 5.41) is 9.60. The fraction of sp³-hybridized carbons (Fsp3) is 0.600. The van der Waals surface area contributed by atoms with Crippen LogP contribution in [0.25, 0.3) is 0 Å². The van der Waals surface area contributed by atoms with Crippen LogP contribution in [0.3, 0.4) is 0 Å². The van der Waals surface area contributed by atoms with Gasteiger partial charge in [-0.3, -0.25) is 4.90 Å². The van der Waals surface area contributed by atoms with Gasteiger partial charge in [0.15, 0.2) is 0 Å². The molecule has 1 aromatic rings. The Morgan fingerprint density at radius 1 is 1.20 bits per heavy atom. The van der Waals surface area contributed by atoms with Gasteiger partial charge in [-0.1, -0.05) is 12.1 Å². The number of benzene rings is 1. The Morgan fingerprint density at radius 3 is 2.25 bits per heavy atom. The van der Waals surface area contributed by atoms with Gasteiger partial charge >= 0.3 is 6.18 Å². The summed E-state index contributed by atoms with van der Waals surface area (Å²) >= 11 is 0. The normalized spacial score (nSPS) is 23.8. The van der Waals surface area contributed by atoms with Gasteiger partial charge in [-0.05, 0) is 50.4 Å². The van der Waals surface area contributed by atoms with Gasteiger partial charge < -0.3 is 5.11 Å². The third-order valence-corrected chi connectivity index (χ3v) is 4.21. The molecule has 0 spiro atoms. The first-order valence-electron chi connectivity index (χ1n) is 6.88. The maximum Gasteiger partial charge on any atom is 0.416 e. The summed E-state index contributed by atoms with van der Waals surface area (Å²) in [6.45, 7) is 5.45. The van der Waals surface area contributed by atoms with Gasteiger partial charge in [-0.15, -0.1) is 0 Å². The Labute approximate surface area is 117 Å². The van der Waals surface area contributed by atoms with Crippen molar-refractivity contribution >= 4 is 0 Å². The van der Waals surface area contributed by atoms with Crippen molar-refractivity contribution in [2.24, 2.45) is 5.92 Å². The minimum Gasteiger partial charge on any atom is -0.393 e. The SMILES string of the molecule is CC(O)C1CCN(C(C)c2ccc(C(F)(F)F)cc2)C1. The number of likely N-dealkylation sites (tertiary alicyclic amines) is 1. The summed E-state index contributed by atoms with van der Waals surface area (Å²) in [4.78, 5) is 2.21. The van der Waals surface area contributed by atoms with E-state index in [4.69, 9.17) is 0 Å². The molecular weight excluding hydrogens is 267 g/mol. The number of hydrogen-bond donors (Lipinski definition) is 1. The van der Waals surface area contributed by atoms with E-state index < -0.39 is 11.7 Å². The van der Waals surface area contributed by atoms with E-state index in [-0.39, 0.29) is 18.1 Å². The van der Waals surface area contributed by atoms with Crippen LogP contribution in [0.5, 0.6) is 0 Å². The molecule has 3 atom stereocenters. The molecule has 3 unspecified atom stereocenters. The van der Waals surface area contributed by atoms with Crippen LogP contribution in [0.15, 0.2) is 24.3 Å². The van der Waals surface area contributed by atoms with E-state index in [1.54, 1.807) is 19.1 Å². The van der Waals surface area contributed by atoms with Crippen LogP contribution in [0.1, 0.15) is 37.4 Å². The largest absolute Gasteiger partial charge is 0.416 e. The Bertz CT molecular complexity index is 441. The van der Waals surface area contributed by atoms with Gasteiger partial charge in [0.05, 0.1) is 11.7 Å². The zero-order valence-corrected chi connectivity index (χ0v) is 11.7. The third kappa shape index (κ3) is 3.33. The van der Waals surface area contributed by atoms with Crippen molar-refractivity contribution in [3.63, 3.8) is 0 Å². The number of nitrogens with zero attached hydrogens (tertiary/aromatic N) is 1. The molecule has 1 saturated heterocycles. The Morgan fingerprint density at radius 2 is 1.80 bits per heavy atom. The molecule has 1 heterocycles. The van der Waals surface area contributed by atoms with Crippen molar-refractivity contribution < 1.29 is 18.3 Å². The molecule has 1 aromatic carbocycles. The summed E-state index contributed by atoms with van der Waals surface area (Å²) in [6.07, 6.45) is -3.69. The van der Waals surface area contributed by atoms with E-state index in [9.17, 15) is 18.3 Å². The standard InChI is InChI=1S/C15H20F3NO/c1-10(19-8-7-13(9-19)11(2)20)12-3-5-14(6-4-12)15(16,17)18/h3-6,10-11,13,20H,7-9H2,1-2H3. The van der Waals surface area contributed by atoms with Crippen molar-refractivity contribution in [1.82, 2.24) is 4.90 Å². The van der Waals surface area contributed by atoms with Crippen LogP contribution in [-0.2, 0) is 6.18 Å². The minimum absolute atomic E-state index is 0.0704. The van der Waals surface area contributed by atoms with Crippen LogP contribution in [0.2, 0.25) is 0 Å². The van der Waals surface area contributed by atoms with Crippen molar-refractivity contribution in [1.29, 1.82) is 0 Å². The molecule has 1 aliphatic heterocycles. The summed E-state index contributed by atoms with van der Waals surface area (Å²) < 4.78 is 37.6. The first-order chi connectivity index (χ1) is 9.29. The molecule has 0 aliphatic carbocycles. The smallest absolute Gasteiger partial charge is 0.393 e.